The summed E-state index contributed by atoms with van der Waals surface area (Å²) in [6, 6.07) is 10.8. The molecule has 0 saturated heterocycles. The van der Waals surface area contributed by atoms with E-state index < -0.39 is 0 Å². The molecule has 18 heavy (non-hydrogen) atoms. The van der Waals surface area contributed by atoms with Gasteiger partial charge in [-0.1, -0.05) is 18.2 Å². The lowest BCUT2D eigenvalue weighted by atomic mass is 9.96. The van der Waals surface area contributed by atoms with Crippen LogP contribution < -0.4 is 5.06 Å². The highest BCUT2D eigenvalue weighted by Crippen LogP contribution is 2.33. The molecule has 0 aliphatic carbocycles. The van der Waals surface area contributed by atoms with Crippen molar-refractivity contribution in [3.8, 4) is 5.75 Å². The monoisotopic (exact) mass is 240 g/mol. The van der Waals surface area contributed by atoms with Crippen molar-refractivity contribution in [3.05, 3.63) is 59.8 Å². The average molecular weight is 240 g/mol. The van der Waals surface area contributed by atoms with Gasteiger partial charge >= 0.3 is 0 Å². The number of pyridine rings is 1. The van der Waals surface area contributed by atoms with Crippen LogP contribution in [0.4, 0.5) is 5.82 Å². The minimum Gasteiger partial charge on any atom is -0.508 e. The maximum atomic E-state index is 9.76. The number of phenols is 1. The molecule has 0 spiro atoms. The van der Waals surface area contributed by atoms with Gasteiger partial charge in [-0.25, -0.2) is 10.0 Å². The summed E-state index contributed by atoms with van der Waals surface area (Å²) in [4.78, 5) is 4.18. The molecule has 0 amide bonds. The van der Waals surface area contributed by atoms with E-state index in [0.29, 0.717) is 12.4 Å². The lowest BCUT2D eigenvalue weighted by molar-refractivity contribution is 0.261. The molecule has 2 N–H and O–H groups in total. The van der Waals surface area contributed by atoms with Crippen molar-refractivity contribution in [3.63, 3.8) is 0 Å². The van der Waals surface area contributed by atoms with Gasteiger partial charge in [-0.2, -0.15) is 0 Å². The first-order chi connectivity index (χ1) is 8.75. The van der Waals surface area contributed by atoms with Crippen LogP contribution in [0.1, 0.15) is 11.1 Å². The Morgan fingerprint density at radius 1 is 1.11 bits per heavy atom. The van der Waals surface area contributed by atoms with Crippen LogP contribution in [0.2, 0.25) is 0 Å². The van der Waals surface area contributed by atoms with E-state index in [4.69, 9.17) is 0 Å². The normalized spacial score (nSPS) is 14.1. The van der Waals surface area contributed by atoms with Crippen molar-refractivity contribution >= 4 is 11.4 Å². The fraction of sp³-hybridized carbons (Fsp3) is 0.0714. The average Bonchev–Trinajstić information content (AvgIpc) is 2.41. The minimum absolute atomic E-state index is 0.241. The van der Waals surface area contributed by atoms with Crippen LogP contribution in [-0.2, 0) is 0 Å². The molecule has 0 fully saturated rings. The van der Waals surface area contributed by atoms with Gasteiger partial charge in [0.25, 0.3) is 0 Å². The molecule has 0 saturated carbocycles. The Balaban J connectivity index is 2.11. The van der Waals surface area contributed by atoms with Gasteiger partial charge in [0.15, 0.2) is 5.82 Å². The molecule has 1 aromatic heterocycles. The van der Waals surface area contributed by atoms with Crippen molar-refractivity contribution in [1.29, 1.82) is 0 Å². The van der Waals surface area contributed by atoms with E-state index in [2.05, 4.69) is 4.98 Å². The number of aromatic hydroxyl groups is 1. The van der Waals surface area contributed by atoms with Crippen LogP contribution in [0.25, 0.3) is 5.57 Å². The van der Waals surface area contributed by atoms with Gasteiger partial charge in [-0.05, 0) is 35.4 Å². The van der Waals surface area contributed by atoms with Gasteiger partial charge in [0, 0.05) is 11.8 Å². The number of rotatable bonds is 1. The lowest BCUT2D eigenvalue weighted by Crippen LogP contribution is -2.24. The quantitative estimate of drug-likeness (QED) is 0.803. The maximum Gasteiger partial charge on any atom is 0.160 e. The summed E-state index contributed by atoms with van der Waals surface area (Å²) in [6.45, 7) is 0.403. The van der Waals surface area contributed by atoms with Crippen LogP contribution in [0.5, 0.6) is 5.75 Å². The molecule has 3 rings (SSSR count). The van der Waals surface area contributed by atoms with Crippen molar-refractivity contribution in [1.82, 2.24) is 4.98 Å². The highest BCUT2D eigenvalue weighted by atomic mass is 16.5. The summed E-state index contributed by atoms with van der Waals surface area (Å²) in [7, 11) is 0. The fourth-order valence-electron chi connectivity index (χ4n) is 2.10. The first-order valence-corrected chi connectivity index (χ1v) is 5.67. The molecule has 1 aromatic carbocycles. The van der Waals surface area contributed by atoms with E-state index in [0.717, 1.165) is 21.8 Å². The lowest BCUT2D eigenvalue weighted by Gasteiger charge is -2.24. The summed E-state index contributed by atoms with van der Waals surface area (Å²) in [5.74, 6) is 0.799. The molecule has 0 atom stereocenters. The van der Waals surface area contributed by atoms with Gasteiger partial charge < -0.3 is 5.11 Å². The predicted octanol–water partition coefficient (Wildman–Crippen LogP) is 2.43. The topological polar surface area (TPSA) is 56.6 Å². The predicted molar refractivity (Wildman–Crippen MR) is 68.6 cm³/mol. The number of phenolic OH excluding ortho intramolecular Hbond substituents is 1. The van der Waals surface area contributed by atoms with Crippen LogP contribution in [0.3, 0.4) is 0 Å². The number of benzene rings is 1. The van der Waals surface area contributed by atoms with Gasteiger partial charge in [0.2, 0.25) is 0 Å². The first-order valence-electron chi connectivity index (χ1n) is 5.67. The van der Waals surface area contributed by atoms with E-state index >= 15 is 0 Å². The Bertz CT molecular complexity index is 605. The zero-order valence-electron chi connectivity index (χ0n) is 9.61. The van der Waals surface area contributed by atoms with Gasteiger partial charge in [-0.15, -0.1) is 0 Å². The fourth-order valence-corrected chi connectivity index (χ4v) is 2.10. The molecule has 0 radical (unpaired) electrons. The molecule has 4 nitrogen and oxygen atoms in total. The third-order valence-electron chi connectivity index (χ3n) is 2.97. The standard InChI is InChI=1S/C14H12N2O2/c17-11-5-3-10(4-6-11)12-7-9-16(18)14-13(12)2-1-8-15-14/h1-8,17-18H,9H2. The highest BCUT2D eigenvalue weighted by Gasteiger charge is 2.19. The van der Waals surface area contributed by atoms with E-state index in [-0.39, 0.29) is 5.75 Å². The van der Waals surface area contributed by atoms with Crippen molar-refractivity contribution in [2.45, 2.75) is 0 Å². The Morgan fingerprint density at radius 2 is 1.89 bits per heavy atom. The van der Waals surface area contributed by atoms with Crippen LogP contribution in [-0.4, -0.2) is 21.8 Å². The number of hydroxylamine groups is 1. The zero-order valence-corrected chi connectivity index (χ0v) is 9.61. The van der Waals surface area contributed by atoms with Gasteiger partial charge in [0.05, 0.1) is 6.54 Å². The summed E-state index contributed by atoms with van der Waals surface area (Å²) < 4.78 is 0. The number of hydrogen-bond donors (Lipinski definition) is 2. The molecule has 4 heteroatoms. The van der Waals surface area contributed by atoms with E-state index in [9.17, 15) is 10.3 Å². The molecule has 1 aliphatic rings. The molecule has 2 heterocycles. The van der Waals surface area contributed by atoms with E-state index in [1.165, 1.54) is 0 Å². The second-order valence-electron chi connectivity index (χ2n) is 4.12. The Morgan fingerprint density at radius 3 is 2.67 bits per heavy atom. The van der Waals surface area contributed by atoms with Crippen molar-refractivity contribution in [2.24, 2.45) is 0 Å². The summed E-state index contributed by atoms with van der Waals surface area (Å²) in [5, 5.41) is 20.2. The zero-order chi connectivity index (χ0) is 12.5. The molecule has 0 unspecified atom stereocenters. The van der Waals surface area contributed by atoms with Gasteiger partial charge in [0.1, 0.15) is 5.75 Å². The summed E-state index contributed by atoms with van der Waals surface area (Å²) in [6.07, 6.45) is 3.60. The third-order valence-corrected chi connectivity index (χ3v) is 2.97. The molecule has 0 bridgehead atoms. The molecule has 90 valence electrons. The second kappa shape index (κ2) is 4.16. The molecule has 2 aromatic rings. The van der Waals surface area contributed by atoms with Crippen molar-refractivity contribution in [2.75, 3.05) is 11.6 Å². The smallest absolute Gasteiger partial charge is 0.160 e. The van der Waals surface area contributed by atoms with E-state index in [1.807, 2.05) is 30.3 Å². The SMILES string of the molecule is Oc1ccc(C2=CCN(O)c3ncccc32)cc1. The molecular weight excluding hydrogens is 228 g/mol. The summed E-state index contributed by atoms with van der Waals surface area (Å²) >= 11 is 0. The third kappa shape index (κ3) is 1.72. The van der Waals surface area contributed by atoms with Crippen LogP contribution >= 0.6 is 0 Å². The van der Waals surface area contributed by atoms with Crippen LogP contribution in [0.15, 0.2) is 48.7 Å². The largest absolute Gasteiger partial charge is 0.508 e. The van der Waals surface area contributed by atoms with E-state index in [1.54, 1.807) is 18.3 Å². The van der Waals surface area contributed by atoms with Gasteiger partial charge in [-0.3, -0.25) is 5.21 Å². The number of aromatic nitrogens is 1. The number of hydrogen-bond acceptors (Lipinski definition) is 4. The van der Waals surface area contributed by atoms with Crippen LogP contribution in [0, 0.1) is 0 Å². The first kappa shape index (κ1) is 10.8. The summed E-state index contributed by atoms with van der Waals surface area (Å²) in [5.41, 5.74) is 2.90. The Labute approximate surface area is 104 Å². The maximum absolute atomic E-state index is 9.76. The second-order valence-corrected chi connectivity index (χ2v) is 4.12. The Kier molecular flexibility index (Phi) is 2.50. The molecular formula is C14H12N2O2. The molecule has 1 aliphatic heterocycles. The highest BCUT2D eigenvalue weighted by molar-refractivity contribution is 5.87. The minimum atomic E-state index is 0.241. The number of fused-ring (bicyclic) bond motifs is 1. The van der Waals surface area contributed by atoms with Crippen molar-refractivity contribution < 1.29 is 10.3 Å². The number of anilines is 1. The number of nitrogens with zero attached hydrogens (tertiary/aromatic N) is 2. The Hall–Kier alpha value is -2.33.